The van der Waals surface area contributed by atoms with Crippen LogP contribution in [0.4, 0.5) is 13.2 Å². The second kappa shape index (κ2) is 45.4. The number of nitrogens with one attached hydrogen (secondary N) is 7. The van der Waals surface area contributed by atoms with Crippen LogP contribution >= 0.6 is 71.0 Å². The molecule has 42 nitrogen and oxygen atoms in total. The molecule has 5 unspecified atom stereocenters. The first-order valence-corrected chi connectivity index (χ1v) is 46.1. The number of primary amides is 2. The number of aromatic amines is 7. The summed E-state index contributed by atoms with van der Waals surface area (Å²) in [5, 5.41) is 43.6. The molecule has 0 bridgehead atoms. The van der Waals surface area contributed by atoms with E-state index in [9.17, 15) is 65.9 Å². The fraction of sp³-hybridized carbons (Fsp3) is 0.180. The smallest absolute Gasteiger partial charge is 0.319 e. The third-order valence-electron chi connectivity index (χ3n) is 19.8. The minimum Gasteiger partial charge on any atom is -0.468 e. The molecule has 0 fully saturated rings. The second-order valence-electron chi connectivity index (χ2n) is 29.3. The van der Waals surface area contributed by atoms with Gasteiger partial charge in [0.1, 0.15) is 71.2 Å². The highest BCUT2D eigenvalue weighted by molar-refractivity contribution is 8.01. The number of amides is 2. The minimum atomic E-state index is -0.531. The zero-order chi connectivity index (χ0) is 100. The largest absolute Gasteiger partial charge is 0.468 e. The third kappa shape index (κ3) is 23.9. The van der Waals surface area contributed by atoms with E-state index in [2.05, 4.69) is 95.1 Å². The number of carbonyl (C=O) groups excluding carboxylic acids is 5. The molecule has 0 spiro atoms. The SMILES string of the molecule is CC(Sc1nc2c(cnn2-c2ccc(C#N)cc2)c(=O)[nH]1)C(N)=O.CCC(Sc1nc2c(cnn2-c2cccc(F)c2)c(=O)[nH]1)C(=O)OC.CCC(Sc1nc2c(cnn2-c2cccc(F)c2)c(=O)[nH]1)C(N)=O.COC(=O)C(C)Sc1nc2c(cnn2-c2ccc(C#N)cc2)c(=O)[nH]1.COC(=O)C(C)Sc1nc2c(cnn2-c2cccc(C)c2)c(=O)[nH]1.O=c1[nH]c(=S)[nH]c2c1cnn2-c1cccc(F)c1. The van der Waals surface area contributed by atoms with Crippen LogP contribution in [0.1, 0.15) is 64.2 Å². The van der Waals surface area contributed by atoms with Crippen molar-refractivity contribution in [2.75, 3.05) is 21.3 Å². The fourth-order valence-corrected chi connectivity index (χ4v) is 17.2. The number of fused-ring (bicyclic) bond motifs is 6. The van der Waals surface area contributed by atoms with Crippen LogP contribution in [0.25, 0.3) is 100 Å². The van der Waals surface area contributed by atoms with E-state index in [0.29, 0.717) is 107 Å². The van der Waals surface area contributed by atoms with Gasteiger partial charge in [0.25, 0.3) is 33.4 Å². The molecular formula is C89H77F3N28O14S6. The number of rotatable bonds is 23. The molecule has 51 heteroatoms. The lowest BCUT2D eigenvalue weighted by atomic mass is 10.2. The van der Waals surface area contributed by atoms with Gasteiger partial charge < -0.3 is 55.6 Å². The summed E-state index contributed by atoms with van der Waals surface area (Å²) in [7, 11) is 3.94. The fourth-order valence-electron chi connectivity index (χ4n) is 12.8. The van der Waals surface area contributed by atoms with Crippen LogP contribution in [0.3, 0.4) is 0 Å². The Labute approximate surface area is 811 Å². The number of halogens is 3. The lowest BCUT2D eigenvalue weighted by molar-refractivity contribution is -0.140. The lowest BCUT2D eigenvalue weighted by Gasteiger charge is -2.11. The van der Waals surface area contributed by atoms with Gasteiger partial charge in [-0.1, -0.05) is 103 Å². The molecule has 0 saturated heterocycles. The van der Waals surface area contributed by atoms with Crippen molar-refractivity contribution in [2.24, 2.45) is 11.5 Å². The van der Waals surface area contributed by atoms with E-state index < -0.39 is 61.6 Å². The number of nitriles is 2. The normalized spacial score (nSPS) is 12.0. The van der Waals surface area contributed by atoms with E-state index in [4.69, 9.17) is 43.7 Å². The predicted molar refractivity (Wildman–Crippen MR) is 519 cm³/mol. The zero-order valence-corrected chi connectivity index (χ0v) is 79.5. The lowest BCUT2D eigenvalue weighted by Crippen LogP contribution is -2.25. The van der Waals surface area contributed by atoms with Gasteiger partial charge in [-0.3, -0.25) is 57.7 Å². The van der Waals surface area contributed by atoms with Gasteiger partial charge in [0.15, 0.2) is 58.8 Å². The van der Waals surface area contributed by atoms with E-state index in [1.807, 2.05) is 57.2 Å². The summed E-state index contributed by atoms with van der Waals surface area (Å²) >= 11 is 10.4. The number of hydrogen-bond acceptors (Lipinski definition) is 33. The molecule has 6 aromatic carbocycles. The number of nitrogens with zero attached hydrogens (tertiary/aromatic N) is 19. The zero-order valence-electron chi connectivity index (χ0n) is 74.6. The van der Waals surface area contributed by atoms with Gasteiger partial charge in [-0.2, -0.15) is 41.1 Å². The molecule has 0 saturated carbocycles. The first kappa shape index (κ1) is 101. The van der Waals surface area contributed by atoms with E-state index in [1.165, 1.54) is 118 Å². The molecule has 18 aromatic rings. The number of esters is 3. The van der Waals surface area contributed by atoms with Gasteiger partial charge in [-0.15, -0.1) is 0 Å². The van der Waals surface area contributed by atoms with Crippen molar-refractivity contribution < 1.29 is 51.4 Å². The average molecular weight is 2010 g/mol. The Morgan fingerprint density at radius 2 is 0.671 bits per heavy atom. The van der Waals surface area contributed by atoms with Crippen LogP contribution in [0.15, 0.2) is 237 Å². The molecule has 140 heavy (non-hydrogen) atoms. The van der Waals surface area contributed by atoms with Crippen LogP contribution in [0.5, 0.6) is 0 Å². The van der Waals surface area contributed by atoms with Crippen LogP contribution in [0, 0.1) is 51.8 Å². The Morgan fingerprint density at radius 3 is 0.986 bits per heavy atom. The number of hydrogen-bond donors (Lipinski definition) is 9. The van der Waals surface area contributed by atoms with E-state index in [-0.39, 0.29) is 87.4 Å². The molecule has 11 N–H and O–H groups in total. The van der Waals surface area contributed by atoms with E-state index in [1.54, 1.807) is 110 Å². The molecule has 0 radical (unpaired) electrons. The molecule has 0 aliphatic heterocycles. The Bertz CT molecular complexity index is 8280. The summed E-state index contributed by atoms with van der Waals surface area (Å²) in [6.45, 7) is 10.6. The van der Waals surface area contributed by atoms with Crippen LogP contribution in [0.2, 0.25) is 0 Å². The van der Waals surface area contributed by atoms with Crippen molar-refractivity contribution >= 4 is 167 Å². The van der Waals surface area contributed by atoms with Gasteiger partial charge in [-0.25, -0.2) is 66.2 Å². The quantitative estimate of drug-likeness (QED) is 0.00944. The first-order chi connectivity index (χ1) is 67.2. The molecule has 12 aromatic heterocycles. The maximum atomic E-state index is 13.5. The van der Waals surface area contributed by atoms with Crippen LogP contribution < -0.4 is 44.8 Å². The Kier molecular flexibility index (Phi) is 32.8. The van der Waals surface area contributed by atoms with Crippen molar-refractivity contribution in [3.8, 4) is 46.3 Å². The highest BCUT2D eigenvalue weighted by Gasteiger charge is 2.26. The monoisotopic (exact) mass is 2010 g/mol. The average Bonchev–Trinajstić information content (AvgIpc) is 1.66. The number of thioether (sulfide) groups is 5. The van der Waals surface area contributed by atoms with Gasteiger partial charge in [0, 0.05) is 0 Å². The van der Waals surface area contributed by atoms with Crippen molar-refractivity contribution in [1.29, 1.82) is 10.5 Å². The number of carbonyl (C=O) groups is 5. The van der Waals surface area contributed by atoms with Crippen molar-refractivity contribution in [3.63, 3.8) is 0 Å². The van der Waals surface area contributed by atoms with Crippen molar-refractivity contribution in [1.82, 2.24) is 118 Å². The number of methoxy groups -OCH3 is 3. The van der Waals surface area contributed by atoms with Gasteiger partial charge >= 0.3 is 17.9 Å². The van der Waals surface area contributed by atoms with Crippen LogP contribution in [-0.2, 0) is 38.2 Å². The molecule has 2 amide bonds. The molecule has 5 atom stereocenters. The maximum Gasteiger partial charge on any atom is 0.319 e. The molecule has 18 rings (SSSR count). The topological polar surface area (TPSA) is 597 Å². The first-order valence-electron chi connectivity index (χ1n) is 41.3. The predicted octanol–water partition coefficient (Wildman–Crippen LogP) is 10.5. The molecule has 0 aliphatic carbocycles. The summed E-state index contributed by atoms with van der Waals surface area (Å²) in [5.74, 6) is -3.38. The highest BCUT2D eigenvalue weighted by Crippen LogP contribution is 2.30. The van der Waals surface area contributed by atoms with Crippen molar-refractivity contribution in [3.05, 3.63) is 284 Å². The van der Waals surface area contributed by atoms with Crippen molar-refractivity contribution in [2.45, 2.75) is 106 Å². The standard InChI is InChI=1S/C16H15FN4O3S.C16H13N5O3S.C16H16N4O3S.C15H14FN5O2S.C15H12N6O2S.C11H7FN4OS/c1-3-12(15(23)24-2)25-16-19-13-11(14(22)20-16)8-18-21(13)10-6-4-5-9(17)7-10;1-9(15(23)24-2)25-16-19-13-12(14(22)20-16)8-18-21(13)11-5-3-10(7-17)4-6-11;1-9-5-4-6-11(7-9)20-13-12(8-17-20)14(21)19-16(18-13)24-10(2)15(22)23-3;1-2-11(12(17)22)24-15-19-13-10(14(23)20-15)7-18-21(13)9-5-3-4-8(16)6-9;1-8(12(17)22)24-15-19-13-11(14(23)20-15)7-18-21(13)10-4-2-9(6-16)3-5-10;12-6-2-1-3-7(4-6)16-9-8(5-13-16)10(17)15-11(18)14-9/h4-8,12H,3H2,1-2H3,(H,19,20,22);3-6,8-9H,1-2H3,(H,19,20,22);4-8,10H,1-3H3,(H,18,19,21);3-7,11H,2H2,1H3,(H2,17,22)(H,19,20,23);2-5,7-8H,1H3,(H2,17,22)(H,19,20,23);1-5H,(H2,14,15,17,18). The number of aromatic nitrogens is 24. The third-order valence-corrected chi connectivity index (χ3v) is 25.4. The van der Waals surface area contributed by atoms with E-state index in [0.717, 1.165) is 70.1 Å². The van der Waals surface area contributed by atoms with Crippen LogP contribution in [-0.4, -0.2) is 196 Å². The number of benzene rings is 6. The summed E-state index contributed by atoms with van der Waals surface area (Å²) in [6, 6.07) is 42.9. The molecular weight excluding hydrogens is 1930 g/mol. The minimum absolute atomic E-state index is 0.200. The summed E-state index contributed by atoms with van der Waals surface area (Å²) in [5.41, 5.74) is 16.4. The highest BCUT2D eigenvalue weighted by atomic mass is 32.2. The summed E-state index contributed by atoms with van der Waals surface area (Å²) in [6.07, 6.45) is 9.51. The summed E-state index contributed by atoms with van der Waals surface area (Å²) < 4.78 is 63.2. The maximum absolute atomic E-state index is 13.5. The van der Waals surface area contributed by atoms with Gasteiger partial charge in [0.2, 0.25) is 11.8 Å². The Morgan fingerprint density at radius 1 is 0.379 bits per heavy atom. The second-order valence-corrected chi connectivity index (χ2v) is 36.1. The Balaban J connectivity index is 0.000000142. The van der Waals surface area contributed by atoms with Gasteiger partial charge in [0.05, 0.1) is 126 Å². The van der Waals surface area contributed by atoms with E-state index >= 15 is 0 Å². The number of H-pyrrole nitrogens is 7. The summed E-state index contributed by atoms with van der Waals surface area (Å²) in [4.78, 5) is 171. The van der Waals surface area contributed by atoms with Gasteiger partial charge in [-0.05, 0) is 174 Å². The molecule has 714 valence electrons. The number of ether oxygens (including phenoxy) is 3. The number of nitrogens with two attached hydrogens (primary N) is 2. The number of aryl methyl sites for hydroxylation is 1. The molecule has 12 heterocycles. The Hall–Kier alpha value is -16.5. The molecule has 0 aliphatic rings.